The molecule has 86 valence electrons. The average Bonchev–Trinajstić information content (AvgIpc) is 2.26. The van der Waals surface area contributed by atoms with Crippen molar-refractivity contribution in [3.8, 4) is 0 Å². The van der Waals surface area contributed by atoms with Gasteiger partial charge in [-0.2, -0.15) is 0 Å². The molecule has 16 heavy (non-hydrogen) atoms. The second-order valence-electron chi connectivity index (χ2n) is 2.79. The number of carboxylic acids is 1. The summed E-state index contributed by atoms with van der Waals surface area (Å²) in [7, 11) is 0. The first-order valence-electron chi connectivity index (χ1n) is 4.18. The number of carbonyl (C=O) groups excluding carboxylic acids is 1. The molecule has 0 spiro atoms. The fraction of sp³-hybridized carbons (Fsp3) is 0.250. The predicted molar refractivity (Wildman–Crippen MR) is 53.0 cm³/mol. The SMILES string of the molecule is O=C(N[C@@H](CO)C(=O)O)c1ccc(Cl)nn1. The average molecular weight is 246 g/mol. The highest BCUT2D eigenvalue weighted by Crippen LogP contribution is 2.02. The van der Waals surface area contributed by atoms with E-state index in [0.29, 0.717) is 0 Å². The molecule has 0 radical (unpaired) electrons. The first-order chi connectivity index (χ1) is 7.54. The summed E-state index contributed by atoms with van der Waals surface area (Å²) in [4.78, 5) is 21.9. The molecule has 0 saturated heterocycles. The van der Waals surface area contributed by atoms with Crippen LogP contribution in [0.1, 0.15) is 10.5 Å². The number of amides is 1. The second-order valence-corrected chi connectivity index (χ2v) is 3.18. The number of carbonyl (C=O) groups is 2. The standard InChI is InChI=1S/C8H8ClN3O4/c9-6-2-1-4(11-12-6)7(14)10-5(3-13)8(15)16/h1-2,5,13H,3H2,(H,10,14)(H,15,16)/t5-/m0/s1. The lowest BCUT2D eigenvalue weighted by molar-refractivity contribution is -0.140. The van der Waals surface area contributed by atoms with E-state index >= 15 is 0 Å². The Morgan fingerprint density at radius 2 is 2.12 bits per heavy atom. The van der Waals surface area contributed by atoms with Crippen molar-refractivity contribution in [2.45, 2.75) is 6.04 Å². The number of hydrogen-bond donors (Lipinski definition) is 3. The Bertz CT molecular complexity index is 395. The number of aliphatic hydroxyl groups is 1. The van der Waals surface area contributed by atoms with Crippen LogP contribution in [0.25, 0.3) is 0 Å². The number of nitrogens with one attached hydrogen (secondary N) is 1. The third kappa shape index (κ3) is 3.14. The van der Waals surface area contributed by atoms with Crippen molar-refractivity contribution < 1.29 is 19.8 Å². The van der Waals surface area contributed by atoms with E-state index in [1.54, 1.807) is 0 Å². The largest absolute Gasteiger partial charge is 0.480 e. The maximum Gasteiger partial charge on any atom is 0.328 e. The topological polar surface area (TPSA) is 112 Å². The first-order valence-corrected chi connectivity index (χ1v) is 4.56. The van der Waals surface area contributed by atoms with Crippen LogP contribution >= 0.6 is 11.6 Å². The lowest BCUT2D eigenvalue weighted by Gasteiger charge is -2.10. The van der Waals surface area contributed by atoms with E-state index in [4.69, 9.17) is 21.8 Å². The molecule has 7 nitrogen and oxygen atoms in total. The number of carboxylic acid groups (broad SMARTS) is 1. The van der Waals surface area contributed by atoms with E-state index in [-0.39, 0.29) is 10.8 Å². The fourth-order valence-electron chi connectivity index (χ4n) is 0.855. The van der Waals surface area contributed by atoms with E-state index in [0.717, 1.165) is 0 Å². The molecule has 0 saturated carbocycles. The molecule has 3 N–H and O–H groups in total. The second kappa shape index (κ2) is 5.38. The Hall–Kier alpha value is -1.73. The monoisotopic (exact) mass is 245 g/mol. The minimum Gasteiger partial charge on any atom is -0.480 e. The molecule has 8 heteroatoms. The van der Waals surface area contributed by atoms with Gasteiger partial charge in [-0.3, -0.25) is 4.79 Å². The van der Waals surface area contributed by atoms with Crippen molar-refractivity contribution >= 4 is 23.5 Å². The van der Waals surface area contributed by atoms with Gasteiger partial charge in [0.05, 0.1) is 6.61 Å². The molecule has 0 aliphatic rings. The molecule has 1 rings (SSSR count). The van der Waals surface area contributed by atoms with Gasteiger partial charge < -0.3 is 15.5 Å². The Balaban J connectivity index is 2.71. The van der Waals surface area contributed by atoms with Gasteiger partial charge in [0.25, 0.3) is 5.91 Å². The Labute approximate surface area is 95.1 Å². The van der Waals surface area contributed by atoms with Crippen LogP contribution in [0.15, 0.2) is 12.1 Å². The van der Waals surface area contributed by atoms with Crippen LogP contribution in [-0.2, 0) is 4.79 Å². The third-order valence-electron chi connectivity index (χ3n) is 1.65. The number of nitrogens with zero attached hydrogens (tertiary/aromatic N) is 2. The van der Waals surface area contributed by atoms with Crippen LogP contribution < -0.4 is 5.32 Å². The molecule has 1 atom stereocenters. The summed E-state index contributed by atoms with van der Waals surface area (Å²) in [5.74, 6) is -2.08. The molecule has 1 aromatic heterocycles. The quantitative estimate of drug-likeness (QED) is 0.647. The Kier molecular flexibility index (Phi) is 4.15. The third-order valence-corrected chi connectivity index (χ3v) is 1.85. The lowest BCUT2D eigenvalue weighted by atomic mass is 10.3. The van der Waals surface area contributed by atoms with Crippen LogP contribution in [0.3, 0.4) is 0 Å². The summed E-state index contributed by atoms with van der Waals surface area (Å²) in [6.07, 6.45) is 0. The number of hydrogen-bond acceptors (Lipinski definition) is 5. The molecule has 1 aromatic rings. The molecule has 0 aliphatic heterocycles. The molecule has 1 heterocycles. The fourth-order valence-corrected chi connectivity index (χ4v) is 0.956. The number of rotatable bonds is 4. The predicted octanol–water partition coefficient (Wildman–Crippen LogP) is -0.695. The van der Waals surface area contributed by atoms with Crippen molar-refractivity contribution in [1.29, 1.82) is 0 Å². The maximum atomic E-state index is 11.4. The van der Waals surface area contributed by atoms with Crippen LogP contribution in [0.2, 0.25) is 5.15 Å². The van der Waals surface area contributed by atoms with Gasteiger partial charge >= 0.3 is 5.97 Å². The minimum absolute atomic E-state index is 0.0795. The van der Waals surface area contributed by atoms with Gasteiger partial charge in [-0.15, -0.1) is 10.2 Å². The van der Waals surface area contributed by atoms with Crippen molar-refractivity contribution in [3.63, 3.8) is 0 Å². The van der Waals surface area contributed by atoms with Crippen molar-refractivity contribution in [2.75, 3.05) is 6.61 Å². The van der Waals surface area contributed by atoms with E-state index in [2.05, 4.69) is 15.5 Å². The Morgan fingerprint density at radius 3 is 2.56 bits per heavy atom. The zero-order valence-corrected chi connectivity index (χ0v) is 8.68. The molecule has 0 aromatic carbocycles. The zero-order valence-electron chi connectivity index (χ0n) is 7.92. The lowest BCUT2D eigenvalue weighted by Crippen LogP contribution is -2.43. The molecule has 0 bridgehead atoms. The highest BCUT2D eigenvalue weighted by molar-refractivity contribution is 6.29. The normalized spacial score (nSPS) is 11.9. The zero-order chi connectivity index (χ0) is 12.1. The molecule has 1 amide bonds. The molecule has 0 aliphatic carbocycles. The summed E-state index contributed by atoms with van der Waals surface area (Å²) in [6, 6.07) is 1.27. The van der Waals surface area contributed by atoms with Crippen LogP contribution in [0.5, 0.6) is 0 Å². The highest BCUT2D eigenvalue weighted by atomic mass is 35.5. The molecular formula is C8H8ClN3O4. The van der Waals surface area contributed by atoms with Gasteiger partial charge in [0.15, 0.2) is 16.9 Å². The van der Waals surface area contributed by atoms with Crippen molar-refractivity contribution in [3.05, 3.63) is 23.0 Å². The Morgan fingerprint density at radius 1 is 1.44 bits per heavy atom. The van der Waals surface area contributed by atoms with Crippen LogP contribution in [0.4, 0.5) is 0 Å². The van der Waals surface area contributed by atoms with Crippen molar-refractivity contribution in [2.24, 2.45) is 0 Å². The summed E-state index contributed by atoms with van der Waals surface area (Å²) < 4.78 is 0. The van der Waals surface area contributed by atoms with E-state index in [1.807, 2.05) is 0 Å². The van der Waals surface area contributed by atoms with Gasteiger partial charge in [-0.1, -0.05) is 11.6 Å². The summed E-state index contributed by atoms with van der Waals surface area (Å²) >= 11 is 5.46. The van der Waals surface area contributed by atoms with Gasteiger partial charge in [0, 0.05) is 0 Å². The summed E-state index contributed by atoms with van der Waals surface area (Å²) in [5.41, 5.74) is -0.0795. The van der Waals surface area contributed by atoms with Crippen LogP contribution in [-0.4, -0.2) is 44.9 Å². The molecule has 0 unspecified atom stereocenters. The van der Waals surface area contributed by atoms with E-state index < -0.39 is 24.5 Å². The number of aliphatic hydroxyl groups excluding tert-OH is 1. The van der Waals surface area contributed by atoms with Gasteiger partial charge in [0.2, 0.25) is 0 Å². The van der Waals surface area contributed by atoms with Gasteiger partial charge in [0.1, 0.15) is 0 Å². The van der Waals surface area contributed by atoms with Gasteiger partial charge in [-0.25, -0.2) is 4.79 Å². The number of halogens is 1. The molecule has 0 fully saturated rings. The summed E-state index contributed by atoms with van der Waals surface area (Å²) in [5, 5.41) is 26.3. The minimum atomic E-state index is -1.37. The van der Waals surface area contributed by atoms with Gasteiger partial charge in [-0.05, 0) is 12.1 Å². The molecular weight excluding hydrogens is 238 g/mol. The summed E-state index contributed by atoms with van der Waals surface area (Å²) in [6.45, 7) is -0.706. The van der Waals surface area contributed by atoms with E-state index in [1.165, 1.54) is 12.1 Å². The highest BCUT2D eigenvalue weighted by Gasteiger charge is 2.20. The smallest absolute Gasteiger partial charge is 0.328 e. The van der Waals surface area contributed by atoms with E-state index in [9.17, 15) is 9.59 Å². The number of aliphatic carboxylic acids is 1. The first kappa shape index (κ1) is 12.3. The maximum absolute atomic E-state index is 11.4. The number of aromatic nitrogens is 2. The van der Waals surface area contributed by atoms with Crippen molar-refractivity contribution in [1.82, 2.24) is 15.5 Å². The van der Waals surface area contributed by atoms with Crippen LogP contribution in [0, 0.1) is 0 Å².